The van der Waals surface area contributed by atoms with E-state index in [4.69, 9.17) is 27.9 Å². The van der Waals surface area contributed by atoms with Crippen molar-refractivity contribution in [2.45, 2.75) is 59.2 Å². The van der Waals surface area contributed by atoms with Gasteiger partial charge in [0.2, 0.25) is 5.91 Å². The predicted octanol–water partition coefficient (Wildman–Crippen LogP) is 4.28. The van der Waals surface area contributed by atoms with E-state index in [1.807, 2.05) is 13.8 Å². The first kappa shape index (κ1) is 21.6. The third-order valence-electron chi connectivity index (χ3n) is 3.32. The third kappa shape index (κ3) is 7.12. The predicted molar refractivity (Wildman–Crippen MR) is 102 cm³/mol. The van der Waals surface area contributed by atoms with Gasteiger partial charge in [-0.3, -0.25) is 4.79 Å². The standard InChI is InChI=1S/C18H26Cl2N2O3/c1-10(2)15(17(24)25-18(4,5)6)22-16(23)11(3)21-12-7-8-13(19)14(20)9-12/h7-11,15,21H,1-6H3,(H,22,23). The van der Waals surface area contributed by atoms with Gasteiger partial charge in [-0.05, 0) is 51.8 Å². The second-order valence-corrected chi connectivity index (χ2v) is 8.07. The van der Waals surface area contributed by atoms with Crippen molar-refractivity contribution < 1.29 is 14.3 Å². The molecule has 1 aromatic rings. The van der Waals surface area contributed by atoms with Crippen LogP contribution in [-0.4, -0.2) is 29.6 Å². The number of halogens is 2. The van der Waals surface area contributed by atoms with Gasteiger partial charge in [0, 0.05) is 5.69 Å². The molecule has 2 N–H and O–H groups in total. The molecule has 2 atom stereocenters. The smallest absolute Gasteiger partial charge is 0.329 e. The lowest BCUT2D eigenvalue weighted by molar-refractivity contribution is -0.160. The van der Waals surface area contributed by atoms with Crippen LogP contribution in [0.5, 0.6) is 0 Å². The number of hydrogen-bond acceptors (Lipinski definition) is 4. The molecule has 0 saturated carbocycles. The number of esters is 1. The molecule has 5 nitrogen and oxygen atoms in total. The normalized spacial score (nSPS) is 14.0. The van der Waals surface area contributed by atoms with Gasteiger partial charge in [-0.25, -0.2) is 4.79 Å². The molecule has 0 aliphatic heterocycles. The number of amides is 1. The Kier molecular flexibility index (Phi) is 7.57. The van der Waals surface area contributed by atoms with Crippen LogP contribution in [0.2, 0.25) is 10.0 Å². The topological polar surface area (TPSA) is 67.4 Å². The second kappa shape index (κ2) is 8.77. The summed E-state index contributed by atoms with van der Waals surface area (Å²) < 4.78 is 5.38. The van der Waals surface area contributed by atoms with Crippen molar-refractivity contribution in [2.75, 3.05) is 5.32 Å². The molecule has 2 unspecified atom stereocenters. The first-order chi connectivity index (χ1) is 11.4. The molecule has 0 bridgehead atoms. The Morgan fingerprint density at radius 2 is 1.68 bits per heavy atom. The van der Waals surface area contributed by atoms with Crippen LogP contribution in [0, 0.1) is 5.92 Å². The molecule has 1 amide bonds. The molecule has 1 aromatic carbocycles. The maximum absolute atomic E-state index is 12.4. The van der Waals surface area contributed by atoms with Crippen LogP contribution >= 0.6 is 23.2 Å². The van der Waals surface area contributed by atoms with Crippen molar-refractivity contribution in [1.29, 1.82) is 0 Å². The van der Waals surface area contributed by atoms with Gasteiger partial charge in [0.05, 0.1) is 10.0 Å². The summed E-state index contributed by atoms with van der Waals surface area (Å²) in [4.78, 5) is 24.8. The number of hydrogen-bond donors (Lipinski definition) is 2. The molecule has 25 heavy (non-hydrogen) atoms. The molecule has 7 heteroatoms. The largest absolute Gasteiger partial charge is 0.458 e. The van der Waals surface area contributed by atoms with Gasteiger partial charge in [-0.15, -0.1) is 0 Å². The van der Waals surface area contributed by atoms with Crippen molar-refractivity contribution in [2.24, 2.45) is 5.92 Å². The summed E-state index contributed by atoms with van der Waals surface area (Å²) in [5.41, 5.74) is 0.0502. The van der Waals surface area contributed by atoms with Crippen LogP contribution in [0.25, 0.3) is 0 Å². The molecule has 1 rings (SSSR count). The molecule has 0 saturated heterocycles. The highest BCUT2D eigenvalue weighted by atomic mass is 35.5. The number of nitrogens with one attached hydrogen (secondary N) is 2. The average molecular weight is 389 g/mol. The van der Waals surface area contributed by atoms with Crippen molar-refractivity contribution in [1.82, 2.24) is 5.32 Å². The van der Waals surface area contributed by atoms with Gasteiger partial charge in [0.15, 0.2) is 0 Å². The van der Waals surface area contributed by atoms with E-state index in [1.54, 1.807) is 45.9 Å². The zero-order chi connectivity index (χ0) is 19.4. The maximum atomic E-state index is 12.4. The summed E-state index contributed by atoms with van der Waals surface area (Å²) in [6, 6.07) is 3.73. The molecule has 0 aliphatic carbocycles. The van der Waals surface area contributed by atoms with Crippen LogP contribution in [0.15, 0.2) is 18.2 Å². The van der Waals surface area contributed by atoms with Crippen LogP contribution in [-0.2, 0) is 14.3 Å². The minimum Gasteiger partial charge on any atom is -0.458 e. The fourth-order valence-electron chi connectivity index (χ4n) is 2.04. The molecule has 0 spiro atoms. The van der Waals surface area contributed by atoms with E-state index in [9.17, 15) is 9.59 Å². The van der Waals surface area contributed by atoms with Crippen molar-refractivity contribution in [3.8, 4) is 0 Å². The minimum atomic E-state index is -0.718. The lowest BCUT2D eigenvalue weighted by atomic mass is 10.0. The van der Waals surface area contributed by atoms with Gasteiger partial charge in [-0.1, -0.05) is 37.0 Å². The van der Waals surface area contributed by atoms with E-state index >= 15 is 0 Å². The Morgan fingerprint density at radius 1 is 1.08 bits per heavy atom. The highest BCUT2D eigenvalue weighted by Gasteiger charge is 2.30. The minimum absolute atomic E-state index is 0.101. The van der Waals surface area contributed by atoms with E-state index in [0.717, 1.165) is 0 Å². The maximum Gasteiger partial charge on any atom is 0.329 e. The summed E-state index contributed by atoms with van der Waals surface area (Å²) in [7, 11) is 0. The number of rotatable bonds is 6. The first-order valence-electron chi connectivity index (χ1n) is 8.15. The van der Waals surface area contributed by atoms with E-state index in [-0.39, 0.29) is 11.8 Å². The van der Waals surface area contributed by atoms with Crippen molar-refractivity contribution in [3.63, 3.8) is 0 Å². The van der Waals surface area contributed by atoms with Crippen LogP contribution in [0.3, 0.4) is 0 Å². The highest BCUT2D eigenvalue weighted by Crippen LogP contribution is 2.25. The molecule has 140 valence electrons. The van der Waals surface area contributed by atoms with Crippen LogP contribution < -0.4 is 10.6 Å². The summed E-state index contributed by atoms with van der Waals surface area (Å²) in [5.74, 6) is -0.857. The lowest BCUT2D eigenvalue weighted by Crippen LogP contribution is -2.51. The Labute approximate surface area is 159 Å². The Morgan fingerprint density at radius 3 is 2.16 bits per heavy atom. The summed E-state index contributed by atoms with van der Waals surface area (Å²) >= 11 is 11.9. The summed E-state index contributed by atoms with van der Waals surface area (Å²) in [6.07, 6.45) is 0. The first-order valence-corrected chi connectivity index (χ1v) is 8.91. The van der Waals surface area contributed by atoms with E-state index in [0.29, 0.717) is 15.7 Å². The quantitative estimate of drug-likeness (QED) is 0.713. The summed E-state index contributed by atoms with van der Waals surface area (Å²) in [6.45, 7) is 10.8. The van der Waals surface area contributed by atoms with Gasteiger partial charge >= 0.3 is 5.97 Å². The van der Waals surface area contributed by atoms with E-state index in [1.165, 1.54) is 0 Å². The van der Waals surface area contributed by atoms with Gasteiger partial charge < -0.3 is 15.4 Å². The zero-order valence-electron chi connectivity index (χ0n) is 15.4. The van der Waals surface area contributed by atoms with Gasteiger partial charge in [-0.2, -0.15) is 0 Å². The fourth-order valence-corrected chi connectivity index (χ4v) is 2.34. The molecule has 0 heterocycles. The SMILES string of the molecule is CC(Nc1ccc(Cl)c(Cl)c1)C(=O)NC(C(=O)OC(C)(C)C)C(C)C. The van der Waals surface area contributed by atoms with Gasteiger partial charge in [0.1, 0.15) is 17.7 Å². The van der Waals surface area contributed by atoms with E-state index < -0.39 is 23.7 Å². The molecule has 0 fully saturated rings. The molecule has 0 aliphatic rings. The molecular formula is C18H26Cl2N2O3. The van der Waals surface area contributed by atoms with Crippen LogP contribution in [0.1, 0.15) is 41.5 Å². The van der Waals surface area contributed by atoms with Crippen molar-refractivity contribution in [3.05, 3.63) is 28.2 Å². The third-order valence-corrected chi connectivity index (χ3v) is 4.06. The average Bonchev–Trinajstić information content (AvgIpc) is 2.45. The number of carbonyl (C=O) groups is 2. The number of carbonyl (C=O) groups excluding carboxylic acids is 2. The fraction of sp³-hybridized carbons (Fsp3) is 0.556. The number of anilines is 1. The lowest BCUT2D eigenvalue weighted by Gasteiger charge is -2.27. The Hall–Kier alpha value is -1.46. The van der Waals surface area contributed by atoms with E-state index in [2.05, 4.69) is 10.6 Å². The van der Waals surface area contributed by atoms with Gasteiger partial charge in [0.25, 0.3) is 0 Å². The Balaban J connectivity index is 2.75. The molecular weight excluding hydrogens is 363 g/mol. The zero-order valence-corrected chi connectivity index (χ0v) is 17.0. The van der Waals surface area contributed by atoms with Crippen LogP contribution in [0.4, 0.5) is 5.69 Å². The summed E-state index contributed by atoms with van der Waals surface area (Å²) in [5, 5.41) is 6.62. The number of ether oxygens (including phenoxy) is 1. The van der Waals surface area contributed by atoms with Crippen molar-refractivity contribution >= 4 is 40.8 Å². The highest BCUT2D eigenvalue weighted by molar-refractivity contribution is 6.42. The number of benzene rings is 1. The Bertz CT molecular complexity index is 627. The monoisotopic (exact) mass is 388 g/mol. The molecule has 0 aromatic heterocycles. The molecule has 0 radical (unpaired) electrons. The second-order valence-electron chi connectivity index (χ2n) is 7.26.